The third kappa shape index (κ3) is 17.6. The first kappa shape index (κ1) is 57.7. The maximum atomic E-state index is 14.1. The number of carbonyl (C=O) groups is 10. The predicted octanol–water partition coefficient (Wildman–Crippen LogP) is -3.86. The van der Waals surface area contributed by atoms with Crippen LogP contribution in [0.2, 0.25) is 0 Å². The number of aliphatic hydroxyl groups excluding tert-OH is 1. The highest BCUT2D eigenvalue weighted by molar-refractivity contribution is 5.98. The molecule has 24 nitrogen and oxygen atoms in total. The van der Waals surface area contributed by atoms with Gasteiger partial charge in [0.25, 0.3) is 0 Å². The third-order valence-corrected chi connectivity index (χ3v) is 12.1. The number of unbranched alkanes of at least 4 members (excludes halogenated alkanes) is 2. The molecule has 380 valence electrons. The molecule has 24 heteroatoms. The zero-order valence-corrected chi connectivity index (χ0v) is 39.6. The van der Waals surface area contributed by atoms with Crippen molar-refractivity contribution in [3.8, 4) is 0 Å². The lowest BCUT2D eigenvalue weighted by atomic mass is 9.97. The van der Waals surface area contributed by atoms with E-state index < -0.39 is 138 Å². The third-order valence-electron chi connectivity index (χ3n) is 12.1. The first-order valence-electron chi connectivity index (χ1n) is 23.3. The molecule has 2 aliphatic rings. The summed E-state index contributed by atoms with van der Waals surface area (Å²) in [4.78, 5) is 135. The fraction of sp³-hybridized carbons (Fsp3) is 0.767. The molecule has 0 aromatic rings. The smallest absolute Gasteiger partial charge is 0.328 e. The second-order valence-electron chi connectivity index (χ2n) is 17.8. The Morgan fingerprint density at radius 1 is 0.627 bits per heavy atom. The number of aliphatic hydroxyl groups is 1. The molecule has 2 heterocycles. The Morgan fingerprint density at radius 3 is 1.54 bits per heavy atom. The van der Waals surface area contributed by atoms with Crippen molar-refractivity contribution in [1.29, 1.82) is 0 Å². The minimum atomic E-state index is -1.60. The molecule has 2 fully saturated rings. The number of nitrogens with two attached hydrogens (primary N) is 4. The number of carbonyl (C=O) groups excluding carboxylic acids is 9. The molecule has 16 N–H and O–H groups in total. The van der Waals surface area contributed by atoms with Gasteiger partial charge >= 0.3 is 5.97 Å². The van der Waals surface area contributed by atoms with Gasteiger partial charge in [-0.25, -0.2) is 4.79 Å². The van der Waals surface area contributed by atoms with Crippen LogP contribution in [0.4, 0.5) is 0 Å². The molecule has 2 rings (SSSR count). The van der Waals surface area contributed by atoms with E-state index in [2.05, 4.69) is 31.9 Å². The Bertz CT molecular complexity index is 1740. The highest BCUT2D eigenvalue weighted by Crippen LogP contribution is 2.22. The highest BCUT2D eigenvalue weighted by atomic mass is 16.4. The topological polar surface area (TPSA) is 394 Å². The maximum absolute atomic E-state index is 14.1. The van der Waals surface area contributed by atoms with Crippen LogP contribution in [0.15, 0.2) is 0 Å². The summed E-state index contributed by atoms with van der Waals surface area (Å²) < 4.78 is 0. The first-order valence-corrected chi connectivity index (χ1v) is 23.3. The number of carboxylic acids is 1. The Kier molecular flexibility index (Phi) is 24.7. The number of nitrogens with one attached hydrogen (secondary N) is 6. The molecule has 10 unspecified atom stereocenters. The number of hydrogen-bond donors (Lipinski definition) is 12. The van der Waals surface area contributed by atoms with Gasteiger partial charge in [0.1, 0.15) is 48.3 Å². The molecule has 0 bridgehead atoms. The average molecular weight is 953 g/mol. The number of nitrogens with zero attached hydrogens (tertiary/aromatic N) is 2. The average Bonchev–Trinajstić information content (AvgIpc) is 3.98. The van der Waals surface area contributed by atoms with Gasteiger partial charge in [0.15, 0.2) is 0 Å². The molecule has 0 aliphatic carbocycles. The number of aliphatic carboxylic acids is 1. The molecule has 10 atom stereocenters. The second-order valence-corrected chi connectivity index (χ2v) is 17.8. The number of amides is 9. The SMILES string of the molecule is CCC(C)C(NC(=O)C(CCCCN)NC(=O)C1CCCN1C(=O)C(NC(=O)C(N)CC(N)=O)C(C)C)C(=O)NC(C)C(=O)N1CCCC1C(=O)NC(CCCCN)C(=O)NC(CO)C(=O)O. The molecule has 67 heavy (non-hydrogen) atoms. The number of rotatable bonds is 29. The van der Waals surface area contributed by atoms with Gasteiger partial charge in [0.05, 0.1) is 19.1 Å². The van der Waals surface area contributed by atoms with Gasteiger partial charge in [-0.15, -0.1) is 0 Å². The van der Waals surface area contributed by atoms with E-state index in [1.807, 2.05) is 0 Å². The standard InChI is InChI=1S/C43H76N12O12/c1-6-24(4)34(40(63)48-25(5)41(64)54-19-11-15-30(54)38(61)49-27(13-7-9-17-44)36(59)51-29(22-56)43(66)67)53-37(60)28(14-8-10-18-45)50-39(62)31-16-12-20-55(31)42(65)33(23(2)3)52-35(58)26(46)21-32(47)57/h23-31,33-34,56H,6-22,44-46H2,1-5H3,(H2,47,57)(H,48,63)(H,49,61)(H,50,62)(H,51,59)(H,52,58)(H,53,60)(H,66,67). The van der Waals surface area contributed by atoms with Crippen LogP contribution in [0.1, 0.15) is 112 Å². The van der Waals surface area contributed by atoms with Crippen LogP contribution in [0.3, 0.4) is 0 Å². The van der Waals surface area contributed by atoms with E-state index in [-0.39, 0.29) is 38.8 Å². The highest BCUT2D eigenvalue weighted by Gasteiger charge is 2.42. The Labute approximate surface area is 391 Å². The molecular formula is C43H76N12O12. The maximum Gasteiger partial charge on any atom is 0.328 e. The second kappa shape index (κ2) is 28.7. The molecule has 0 saturated carbocycles. The zero-order chi connectivity index (χ0) is 50.5. The first-order chi connectivity index (χ1) is 31.6. The minimum absolute atomic E-state index is 0.107. The summed E-state index contributed by atoms with van der Waals surface area (Å²) >= 11 is 0. The normalized spacial score (nSPS) is 19.4. The van der Waals surface area contributed by atoms with Crippen molar-refractivity contribution in [2.24, 2.45) is 34.8 Å². The van der Waals surface area contributed by atoms with E-state index in [9.17, 15) is 58.2 Å². The lowest BCUT2D eigenvalue weighted by molar-refractivity contribution is -0.144. The van der Waals surface area contributed by atoms with Gasteiger partial charge in [-0.05, 0) is 96.1 Å². The monoisotopic (exact) mass is 953 g/mol. The van der Waals surface area contributed by atoms with Crippen LogP contribution >= 0.6 is 0 Å². The van der Waals surface area contributed by atoms with E-state index in [1.165, 1.54) is 16.7 Å². The van der Waals surface area contributed by atoms with Crippen molar-refractivity contribution in [3.63, 3.8) is 0 Å². The Morgan fingerprint density at radius 2 is 1.10 bits per heavy atom. The van der Waals surface area contributed by atoms with Crippen LogP contribution in [0, 0.1) is 11.8 Å². The van der Waals surface area contributed by atoms with Gasteiger partial charge in [-0.2, -0.15) is 0 Å². The summed E-state index contributed by atoms with van der Waals surface area (Å²) in [5, 5.41) is 34.3. The van der Waals surface area contributed by atoms with Crippen LogP contribution in [-0.4, -0.2) is 166 Å². The van der Waals surface area contributed by atoms with Gasteiger partial charge in [-0.1, -0.05) is 34.1 Å². The largest absolute Gasteiger partial charge is 0.480 e. The van der Waals surface area contributed by atoms with Gasteiger partial charge in [0, 0.05) is 13.1 Å². The number of likely N-dealkylation sites (tertiary alicyclic amines) is 2. The lowest BCUT2D eigenvalue weighted by Gasteiger charge is -2.32. The van der Waals surface area contributed by atoms with Crippen LogP contribution < -0.4 is 54.8 Å². The van der Waals surface area contributed by atoms with E-state index in [0.29, 0.717) is 58.0 Å². The molecule has 0 aromatic heterocycles. The van der Waals surface area contributed by atoms with Crippen molar-refractivity contribution < 1.29 is 58.2 Å². The van der Waals surface area contributed by atoms with Crippen molar-refractivity contribution in [2.75, 3.05) is 32.8 Å². The molecule has 0 radical (unpaired) electrons. The number of primary amides is 1. The molecular weight excluding hydrogens is 877 g/mol. The predicted molar refractivity (Wildman–Crippen MR) is 243 cm³/mol. The number of hydrogen-bond acceptors (Lipinski definition) is 14. The zero-order valence-electron chi connectivity index (χ0n) is 39.6. The lowest BCUT2D eigenvalue weighted by Crippen LogP contribution is -2.61. The summed E-state index contributed by atoms with van der Waals surface area (Å²) in [6, 6.07) is -10.7. The van der Waals surface area contributed by atoms with E-state index in [1.54, 1.807) is 27.7 Å². The summed E-state index contributed by atoms with van der Waals surface area (Å²) in [5.41, 5.74) is 22.3. The van der Waals surface area contributed by atoms with Gasteiger partial charge in [-0.3, -0.25) is 43.2 Å². The molecule has 0 aromatic carbocycles. The quantitative estimate of drug-likeness (QED) is 0.0319. The fourth-order valence-corrected chi connectivity index (χ4v) is 7.95. The van der Waals surface area contributed by atoms with Crippen LogP contribution in [-0.2, 0) is 47.9 Å². The summed E-state index contributed by atoms with van der Waals surface area (Å²) in [6.07, 6.45) is 3.49. The summed E-state index contributed by atoms with van der Waals surface area (Å²) in [5.74, 6) is -8.58. The Balaban J connectivity index is 2.23. The van der Waals surface area contributed by atoms with Crippen molar-refractivity contribution >= 4 is 59.1 Å². The van der Waals surface area contributed by atoms with Crippen molar-refractivity contribution in [3.05, 3.63) is 0 Å². The Hall–Kier alpha value is -5.46. The molecule has 2 aliphatic heterocycles. The van der Waals surface area contributed by atoms with Crippen LogP contribution in [0.25, 0.3) is 0 Å². The van der Waals surface area contributed by atoms with E-state index in [4.69, 9.17) is 22.9 Å². The van der Waals surface area contributed by atoms with Crippen molar-refractivity contribution in [1.82, 2.24) is 41.7 Å². The molecule has 2 saturated heterocycles. The fourth-order valence-electron chi connectivity index (χ4n) is 7.95. The van der Waals surface area contributed by atoms with E-state index >= 15 is 0 Å². The number of carboxylic acid groups (broad SMARTS) is 1. The van der Waals surface area contributed by atoms with Gasteiger partial charge < -0.3 is 74.8 Å². The molecule has 9 amide bonds. The van der Waals surface area contributed by atoms with Gasteiger partial charge in [0.2, 0.25) is 53.2 Å². The summed E-state index contributed by atoms with van der Waals surface area (Å²) in [6.45, 7) is 8.45. The molecule has 0 spiro atoms. The van der Waals surface area contributed by atoms with E-state index in [0.717, 1.165) is 0 Å². The summed E-state index contributed by atoms with van der Waals surface area (Å²) in [7, 11) is 0. The van der Waals surface area contributed by atoms with Crippen LogP contribution in [0.5, 0.6) is 0 Å². The van der Waals surface area contributed by atoms with Crippen molar-refractivity contribution in [2.45, 2.75) is 166 Å². The minimum Gasteiger partial charge on any atom is -0.480 e.